The van der Waals surface area contributed by atoms with Crippen molar-refractivity contribution in [2.45, 2.75) is 46.6 Å². The summed E-state index contributed by atoms with van der Waals surface area (Å²) in [6.45, 7) is 12.0. The molecule has 0 radical (unpaired) electrons. The van der Waals surface area contributed by atoms with Crippen molar-refractivity contribution in [3.8, 4) is 0 Å². The summed E-state index contributed by atoms with van der Waals surface area (Å²) in [5.41, 5.74) is 1.43. The number of hydrogen-bond donors (Lipinski definition) is 1. The van der Waals surface area contributed by atoms with Crippen LogP contribution in [0.4, 0.5) is 0 Å². The Morgan fingerprint density at radius 2 is 2.21 bits per heavy atom. The van der Waals surface area contributed by atoms with Crippen molar-refractivity contribution in [1.82, 2.24) is 5.32 Å². The van der Waals surface area contributed by atoms with Gasteiger partial charge in [-0.25, -0.2) is 0 Å². The van der Waals surface area contributed by atoms with Crippen LogP contribution in [0.1, 0.15) is 48.1 Å². The van der Waals surface area contributed by atoms with Crippen LogP contribution in [-0.4, -0.2) is 19.7 Å². The summed E-state index contributed by atoms with van der Waals surface area (Å²) in [6.07, 6.45) is 2.79. The van der Waals surface area contributed by atoms with Gasteiger partial charge in [-0.1, -0.05) is 13.8 Å². The third kappa shape index (κ3) is 4.04. The molecular weight excluding hydrogens is 254 g/mol. The molecule has 0 spiro atoms. The van der Waals surface area contributed by atoms with Crippen LogP contribution in [-0.2, 0) is 4.74 Å². The summed E-state index contributed by atoms with van der Waals surface area (Å²) in [5.74, 6) is 1.34. The first-order valence-electron chi connectivity index (χ1n) is 7.47. The highest BCUT2D eigenvalue weighted by molar-refractivity contribution is 7.12. The number of aryl methyl sites for hydroxylation is 2. The molecule has 2 unspecified atom stereocenters. The molecule has 2 rings (SSSR count). The van der Waals surface area contributed by atoms with Crippen molar-refractivity contribution < 1.29 is 4.74 Å². The fraction of sp³-hybridized carbons (Fsp3) is 0.750. The Morgan fingerprint density at radius 3 is 2.84 bits per heavy atom. The minimum Gasteiger partial charge on any atom is -0.373 e. The number of hydrogen-bond acceptors (Lipinski definition) is 3. The summed E-state index contributed by atoms with van der Waals surface area (Å²) < 4.78 is 6.09. The average Bonchev–Trinajstić information content (AvgIpc) is 2.68. The second-order valence-corrected chi connectivity index (χ2v) is 7.57. The molecule has 19 heavy (non-hydrogen) atoms. The molecule has 1 N–H and O–H groups in total. The summed E-state index contributed by atoms with van der Waals surface area (Å²) in [7, 11) is 0. The SMILES string of the molecule is Cc1cc(C2OCCCC2CNCC(C)C)c(C)s1. The van der Waals surface area contributed by atoms with E-state index in [1.165, 1.54) is 28.2 Å². The standard InChI is InChI=1S/C16H27NOS/c1-11(2)9-17-10-14-6-5-7-18-16(14)15-8-12(3)19-13(15)4/h8,11,14,16-17H,5-7,9-10H2,1-4H3. The molecule has 0 amide bonds. The molecule has 1 aromatic heterocycles. The molecule has 0 bridgehead atoms. The van der Waals surface area contributed by atoms with Gasteiger partial charge in [-0.2, -0.15) is 0 Å². The minimum atomic E-state index is 0.304. The van der Waals surface area contributed by atoms with Gasteiger partial charge in [0.1, 0.15) is 0 Å². The molecule has 2 nitrogen and oxygen atoms in total. The van der Waals surface area contributed by atoms with Gasteiger partial charge in [0.25, 0.3) is 0 Å². The molecule has 1 fully saturated rings. The van der Waals surface area contributed by atoms with Gasteiger partial charge in [-0.15, -0.1) is 11.3 Å². The average molecular weight is 281 g/mol. The van der Waals surface area contributed by atoms with Gasteiger partial charge < -0.3 is 10.1 Å². The van der Waals surface area contributed by atoms with Crippen molar-refractivity contribution in [1.29, 1.82) is 0 Å². The smallest absolute Gasteiger partial charge is 0.0875 e. The summed E-state index contributed by atoms with van der Waals surface area (Å²) in [6, 6.07) is 2.32. The highest BCUT2D eigenvalue weighted by Crippen LogP contribution is 2.37. The van der Waals surface area contributed by atoms with Gasteiger partial charge in [0.05, 0.1) is 6.10 Å². The third-order valence-corrected chi connectivity index (χ3v) is 4.77. The Balaban J connectivity index is 2.01. The molecule has 1 aliphatic heterocycles. The molecule has 0 aromatic carbocycles. The van der Waals surface area contributed by atoms with E-state index in [1.54, 1.807) is 0 Å². The van der Waals surface area contributed by atoms with Gasteiger partial charge in [0.2, 0.25) is 0 Å². The summed E-state index contributed by atoms with van der Waals surface area (Å²) in [4.78, 5) is 2.83. The van der Waals surface area contributed by atoms with E-state index in [4.69, 9.17) is 4.74 Å². The molecule has 108 valence electrons. The lowest BCUT2D eigenvalue weighted by Crippen LogP contribution is -2.33. The molecule has 1 aromatic rings. The number of nitrogens with one attached hydrogen (secondary N) is 1. The zero-order valence-corrected chi connectivity index (χ0v) is 13.5. The Morgan fingerprint density at radius 1 is 1.42 bits per heavy atom. The molecule has 1 saturated heterocycles. The minimum absolute atomic E-state index is 0.304. The van der Waals surface area contributed by atoms with Crippen LogP contribution >= 0.6 is 11.3 Å². The lowest BCUT2D eigenvalue weighted by atomic mass is 9.89. The van der Waals surface area contributed by atoms with Gasteiger partial charge in [0.15, 0.2) is 0 Å². The Labute approximate surface area is 121 Å². The van der Waals surface area contributed by atoms with Gasteiger partial charge in [-0.05, 0) is 50.8 Å². The van der Waals surface area contributed by atoms with Gasteiger partial charge in [-0.3, -0.25) is 0 Å². The maximum absolute atomic E-state index is 6.09. The van der Waals surface area contributed by atoms with Crippen molar-refractivity contribution in [3.05, 3.63) is 21.4 Å². The zero-order valence-electron chi connectivity index (χ0n) is 12.7. The van der Waals surface area contributed by atoms with Crippen molar-refractivity contribution in [3.63, 3.8) is 0 Å². The quantitative estimate of drug-likeness (QED) is 0.878. The Bertz CT molecular complexity index is 399. The number of ether oxygens (including phenoxy) is 1. The molecule has 2 heterocycles. The molecule has 2 atom stereocenters. The van der Waals surface area contributed by atoms with Crippen molar-refractivity contribution >= 4 is 11.3 Å². The summed E-state index contributed by atoms with van der Waals surface area (Å²) >= 11 is 1.89. The number of rotatable bonds is 5. The first-order valence-corrected chi connectivity index (χ1v) is 8.29. The molecule has 0 saturated carbocycles. The van der Waals surface area contributed by atoms with Crippen molar-refractivity contribution in [2.24, 2.45) is 11.8 Å². The van der Waals surface area contributed by atoms with Crippen LogP contribution < -0.4 is 5.32 Å². The molecule has 1 aliphatic rings. The molecule has 3 heteroatoms. The van der Waals surface area contributed by atoms with Gasteiger partial charge in [0, 0.05) is 28.8 Å². The number of thiophene rings is 1. The van der Waals surface area contributed by atoms with E-state index in [1.807, 2.05) is 11.3 Å². The summed E-state index contributed by atoms with van der Waals surface area (Å²) in [5, 5.41) is 3.60. The lowest BCUT2D eigenvalue weighted by Gasteiger charge is -2.32. The van der Waals surface area contributed by atoms with Gasteiger partial charge >= 0.3 is 0 Å². The Hall–Kier alpha value is -0.380. The first-order chi connectivity index (χ1) is 9.08. The van der Waals surface area contributed by atoms with E-state index in [9.17, 15) is 0 Å². The first kappa shape index (κ1) is 15.0. The van der Waals surface area contributed by atoms with E-state index >= 15 is 0 Å². The predicted molar refractivity (Wildman–Crippen MR) is 82.9 cm³/mol. The normalized spacial score (nSPS) is 24.1. The molecular formula is C16H27NOS. The topological polar surface area (TPSA) is 21.3 Å². The van der Waals surface area contributed by atoms with Crippen LogP contribution in [0.15, 0.2) is 6.07 Å². The van der Waals surface area contributed by atoms with Crippen LogP contribution in [0.2, 0.25) is 0 Å². The second kappa shape index (κ2) is 6.87. The van der Waals surface area contributed by atoms with E-state index in [0.717, 1.165) is 19.7 Å². The van der Waals surface area contributed by atoms with E-state index in [-0.39, 0.29) is 0 Å². The van der Waals surface area contributed by atoms with Crippen LogP contribution in [0, 0.1) is 25.7 Å². The van der Waals surface area contributed by atoms with Crippen LogP contribution in [0.25, 0.3) is 0 Å². The fourth-order valence-corrected chi connectivity index (χ4v) is 3.85. The predicted octanol–water partition coefficient (Wildman–Crippen LogP) is 4.08. The van der Waals surface area contributed by atoms with E-state index < -0.39 is 0 Å². The lowest BCUT2D eigenvalue weighted by molar-refractivity contribution is -0.0279. The zero-order chi connectivity index (χ0) is 13.8. The van der Waals surface area contributed by atoms with E-state index in [0.29, 0.717) is 17.9 Å². The fourth-order valence-electron chi connectivity index (χ4n) is 2.89. The monoisotopic (exact) mass is 281 g/mol. The van der Waals surface area contributed by atoms with Crippen LogP contribution in [0.3, 0.4) is 0 Å². The third-order valence-electron chi connectivity index (χ3n) is 3.79. The maximum atomic E-state index is 6.09. The second-order valence-electron chi connectivity index (χ2n) is 6.11. The molecule has 0 aliphatic carbocycles. The van der Waals surface area contributed by atoms with E-state index in [2.05, 4.69) is 39.1 Å². The highest BCUT2D eigenvalue weighted by Gasteiger charge is 2.29. The van der Waals surface area contributed by atoms with Crippen LogP contribution in [0.5, 0.6) is 0 Å². The maximum Gasteiger partial charge on any atom is 0.0875 e. The highest BCUT2D eigenvalue weighted by atomic mass is 32.1. The van der Waals surface area contributed by atoms with Crippen molar-refractivity contribution in [2.75, 3.05) is 19.7 Å². The largest absolute Gasteiger partial charge is 0.373 e. The Kier molecular flexibility index (Phi) is 5.43.